The van der Waals surface area contributed by atoms with Gasteiger partial charge in [-0.15, -0.1) is 6.42 Å². The third kappa shape index (κ3) is 6.25. The van der Waals surface area contributed by atoms with Gasteiger partial charge in [-0.05, 0) is 26.1 Å². The minimum atomic E-state index is -0.457. The van der Waals surface area contributed by atoms with Gasteiger partial charge in [-0.2, -0.15) is 0 Å². The van der Waals surface area contributed by atoms with E-state index >= 15 is 0 Å². The molecule has 1 aliphatic heterocycles. The Hall–Kier alpha value is -2.30. The molecule has 2 rings (SSSR count). The fourth-order valence-corrected chi connectivity index (χ4v) is 2.68. The third-order valence-electron chi connectivity index (χ3n) is 4.01. The van der Waals surface area contributed by atoms with E-state index in [0.29, 0.717) is 5.69 Å². The highest BCUT2D eigenvalue weighted by molar-refractivity contribution is 5.91. The number of anilines is 1. The number of amides is 2. The zero-order valence-corrected chi connectivity index (χ0v) is 14.7. The first-order chi connectivity index (χ1) is 12.0. The smallest absolute Gasteiger partial charge is 0.319 e. The molecule has 0 radical (unpaired) electrons. The number of hydrogen-bond donors (Lipinski definition) is 2. The quantitative estimate of drug-likeness (QED) is 0.767. The zero-order chi connectivity index (χ0) is 18.2. The number of urea groups is 1. The van der Waals surface area contributed by atoms with Crippen LogP contribution in [0.4, 0.5) is 14.9 Å². The fraction of sp³-hybridized carbons (Fsp3) is 0.500. The molecule has 1 aromatic carbocycles. The summed E-state index contributed by atoms with van der Waals surface area (Å²) in [6.07, 6.45) is 5.15. The second kappa shape index (κ2) is 9.25. The number of benzene rings is 1. The number of carbonyl (C=O) groups excluding carboxylic acids is 1. The second-order valence-electron chi connectivity index (χ2n) is 6.24. The predicted molar refractivity (Wildman–Crippen MR) is 96.3 cm³/mol. The van der Waals surface area contributed by atoms with E-state index in [0.717, 1.165) is 32.7 Å². The van der Waals surface area contributed by atoms with Gasteiger partial charge in [0.2, 0.25) is 0 Å². The summed E-state index contributed by atoms with van der Waals surface area (Å²) in [6, 6.07) is 3.52. The van der Waals surface area contributed by atoms with Crippen molar-refractivity contribution in [3.05, 3.63) is 24.0 Å². The summed E-state index contributed by atoms with van der Waals surface area (Å²) < 4.78 is 18.6. The lowest BCUT2D eigenvalue weighted by atomic mass is 10.2. The molecule has 6 nitrogen and oxygen atoms in total. The molecule has 1 saturated heterocycles. The van der Waals surface area contributed by atoms with Crippen LogP contribution in [0.15, 0.2) is 18.2 Å². The molecule has 0 aliphatic carbocycles. The highest BCUT2D eigenvalue weighted by atomic mass is 19.1. The minimum Gasteiger partial charge on any atom is -0.479 e. The number of piperazine rings is 1. The molecule has 0 bridgehead atoms. The Balaban J connectivity index is 1.86. The lowest BCUT2D eigenvalue weighted by Crippen LogP contribution is -2.50. The summed E-state index contributed by atoms with van der Waals surface area (Å²) in [5.41, 5.74) is 0.376. The minimum absolute atomic E-state index is 0.000435. The Morgan fingerprint density at radius 1 is 1.40 bits per heavy atom. The molecule has 1 heterocycles. The van der Waals surface area contributed by atoms with Gasteiger partial charge < -0.3 is 20.3 Å². The lowest BCUT2D eigenvalue weighted by molar-refractivity contribution is 0.145. The summed E-state index contributed by atoms with van der Waals surface area (Å²) in [5, 5.41) is 5.57. The van der Waals surface area contributed by atoms with E-state index in [2.05, 4.69) is 33.4 Å². The van der Waals surface area contributed by atoms with Crippen molar-refractivity contribution in [1.29, 1.82) is 0 Å². The maximum absolute atomic E-state index is 13.3. The molecule has 2 amide bonds. The van der Waals surface area contributed by atoms with Crippen LogP contribution in [0.5, 0.6) is 5.75 Å². The molecule has 0 spiro atoms. The van der Waals surface area contributed by atoms with Crippen LogP contribution >= 0.6 is 0 Å². The molecule has 0 saturated carbocycles. The van der Waals surface area contributed by atoms with Crippen molar-refractivity contribution < 1.29 is 13.9 Å². The van der Waals surface area contributed by atoms with Crippen LogP contribution in [0, 0.1) is 18.2 Å². The summed E-state index contributed by atoms with van der Waals surface area (Å²) in [7, 11) is 2.11. The first kappa shape index (κ1) is 19.0. The molecule has 136 valence electrons. The van der Waals surface area contributed by atoms with E-state index in [1.165, 1.54) is 18.2 Å². The van der Waals surface area contributed by atoms with Crippen molar-refractivity contribution >= 4 is 11.7 Å². The van der Waals surface area contributed by atoms with Crippen LogP contribution in [0.3, 0.4) is 0 Å². The molecular weight excluding hydrogens is 323 g/mol. The number of ether oxygens (including phenoxy) is 1. The van der Waals surface area contributed by atoms with Crippen molar-refractivity contribution in [2.24, 2.45) is 0 Å². The highest BCUT2D eigenvalue weighted by Crippen LogP contribution is 2.25. The molecule has 1 aliphatic rings. The molecule has 25 heavy (non-hydrogen) atoms. The van der Waals surface area contributed by atoms with Crippen LogP contribution in [0.25, 0.3) is 0 Å². The summed E-state index contributed by atoms with van der Waals surface area (Å²) >= 11 is 0. The summed E-state index contributed by atoms with van der Waals surface area (Å²) in [4.78, 5) is 16.8. The maximum atomic E-state index is 13.3. The summed E-state index contributed by atoms with van der Waals surface area (Å²) in [5.74, 6) is 2.07. The number of rotatable bonds is 6. The van der Waals surface area contributed by atoms with Gasteiger partial charge in [0.15, 0.2) is 0 Å². The Morgan fingerprint density at radius 2 is 2.12 bits per heavy atom. The zero-order valence-electron chi connectivity index (χ0n) is 14.7. The number of halogens is 1. The average molecular weight is 348 g/mol. The number of nitrogens with zero attached hydrogens (tertiary/aromatic N) is 2. The fourth-order valence-electron chi connectivity index (χ4n) is 2.68. The molecule has 1 fully saturated rings. The SMILES string of the molecule is C#CCOc1cc(F)ccc1NC(=O)NC(C)CN1CCN(C)CC1. The number of terminal acetylenes is 1. The van der Waals surface area contributed by atoms with E-state index in [1.807, 2.05) is 6.92 Å². The number of likely N-dealkylation sites (N-methyl/N-ethyl adjacent to an activating group) is 1. The first-order valence-electron chi connectivity index (χ1n) is 8.32. The standard InChI is InChI=1S/C18H25FN4O2/c1-4-11-25-17-12-15(19)5-6-16(17)21-18(24)20-14(2)13-23-9-7-22(3)8-10-23/h1,5-6,12,14H,7-11,13H2,2-3H3,(H2,20,21,24). The number of carbonyl (C=O) groups is 1. The van der Waals surface area contributed by atoms with Gasteiger partial charge >= 0.3 is 6.03 Å². The third-order valence-corrected chi connectivity index (χ3v) is 4.01. The topological polar surface area (TPSA) is 56.8 Å². The molecule has 1 atom stereocenters. The van der Waals surface area contributed by atoms with Gasteiger partial charge in [-0.3, -0.25) is 4.90 Å². The Bertz CT molecular complexity index is 624. The van der Waals surface area contributed by atoms with Gasteiger partial charge in [-0.25, -0.2) is 9.18 Å². The van der Waals surface area contributed by atoms with Gasteiger partial charge in [0.1, 0.15) is 18.2 Å². The van der Waals surface area contributed by atoms with E-state index in [1.54, 1.807) is 0 Å². The van der Waals surface area contributed by atoms with Crippen LogP contribution in [-0.2, 0) is 0 Å². The molecule has 7 heteroatoms. The second-order valence-corrected chi connectivity index (χ2v) is 6.24. The van der Waals surface area contributed by atoms with Crippen molar-refractivity contribution in [2.45, 2.75) is 13.0 Å². The predicted octanol–water partition coefficient (Wildman–Crippen LogP) is 1.60. The van der Waals surface area contributed by atoms with Crippen LogP contribution in [-0.4, -0.2) is 68.3 Å². The van der Waals surface area contributed by atoms with Crippen LogP contribution in [0.2, 0.25) is 0 Å². The van der Waals surface area contributed by atoms with Gasteiger partial charge in [-0.1, -0.05) is 5.92 Å². The van der Waals surface area contributed by atoms with Gasteiger partial charge in [0.25, 0.3) is 0 Å². The van der Waals surface area contributed by atoms with Gasteiger partial charge in [0, 0.05) is 44.8 Å². The lowest BCUT2D eigenvalue weighted by Gasteiger charge is -2.34. The van der Waals surface area contributed by atoms with Crippen molar-refractivity contribution in [1.82, 2.24) is 15.1 Å². The maximum Gasteiger partial charge on any atom is 0.319 e. The Kier molecular flexibility index (Phi) is 7.04. The van der Waals surface area contributed by atoms with Crippen molar-refractivity contribution in [2.75, 3.05) is 51.7 Å². The number of nitrogens with one attached hydrogen (secondary N) is 2. The molecular formula is C18H25FN4O2. The van der Waals surface area contributed by atoms with Crippen LogP contribution < -0.4 is 15.4 Å². The molecule has 1 aromatic rings. The number of hydrogen-bond acceptors (Lipinski definition) is 4. The largest absolute Gasteiger partial charge is 0.479 e. The van der Waals surface area contributed by atoms with Crippen molar-refractivity contribution in [3.8, 4) is 18.1 Å². The van der Waals surface area contributed by atoms with Crippen LogP contribution in [0.1, 0.15) is 6.92 Å². The Morgan fingerprint density at radius 3 is 2.80 bits per heavy atom. The van der Waals surface area contributed by atoms with Gasteiger partial charge in [0.05, 0.1) is 5.69 Å². The van der Waals surface area contributed by atoms with E-state index in [-0.39, 0.29) is 24.4 Å². The van der Waals surface area contributed by atoms with E-state index in [4.69, 9.17) is 11.2 Å². The highest BCUT2D eigenvalue weighted by Gasteiger charge is 2.17. The normalized spacial score (nSPS) is 16.7. The summed E-state index contributed by atoms with van der Waals surface area (Å²) in [6.45, 7) is 6.79. The molecule has 2 N–H and O–H groups in total. The average Bonchev–Trinajstić information content (AvgIpc) is 2.57. The Labute approximate surface area is 148 Å². The first-order valence-corrected chi connectivity index (χ1v) is 8.32. The van der Waals surface area contributed by atoms with E-state index in [9.17, 15) is 9.18 Å². The molecule has 1 unspecified atom stereocenters. The van der Waals surface area contributed by atoms with Crippen molar-refractivity contribution in [3.63, 3.8) is 0 Å². The molecule has 0 aromatic heterocycles. The monoisotopic (exact) mass is 348 g/mol. The van der Waals surface area contributed by atoms with E-state index < -0.39 is 5.82 Å².